The summed E-state index contributed by atoms with van der Waals surface area (Å²) in [5, 5.41) is 2.80. The first-order valence-electron chi connectivity index (χ1n) is 9.47. The summed E-state index contributed by atoms with van der Waals surface area (Å²) in [6.45, 7) is 3.80. The van der Waals surface area contributed by atoms with Crippen molar-refractivity contribution in [2.45, 2.75) is 32.8 Å². The highest BCUT2D eigenvalue weighted by Gasteiger charge is 2.23. The molecule has 0 saturated carbocycles. The molecule has 0 spiro atoms. The topological polar surface area (TPSA) is 84.9 Å². The molecule has 0 unspecified atom stereocenters. The van der Waals surface area contributed by atoms with E-state index in [9.17, 15) is 14.4 Å². The van der Waals surface area contributed by atoms with Gasteiger partial charge in [0.15, 0.2) is 12.4 Å². The van der Waals surface area contributed by atoms with E-state index in [-0.39, 0.29) is 43.2 Å². The van der Waals surface area contributed by atoms with Crippen molar-refractivity contribution in [2.75, 3.05) is 23.9 Å². The largest absolute Gasteiger partial charge is 0.489 e. The fourth-order valence-electron chi connectivity index (χ4n) is 2.96. The Kier molecular flexibility index (Phi) is 6.16. The van der Waals surface area contributed by atoms with E-state index >= 15 is 0 Å². The lowest BCUT2D eigenvalue weighted by Crippen LogP contribution is -2.35. The van der Waals surface area contributed by atoms with Crippen molar-refractivity contribution in [1.82, 2.24) is 0 Å². The van der Waals surface area contributed by atoms with Gasteiger partial charge in [-0.25, -0.2) is 0 Å². The Balaban J connectivity index is 1.61. The standard InChI is InChI=1S/C22H24N2O5/c1-14(2)29-19-7-5-4-6-16(19)23-21(26)11-9-18(25)15-8-10-20-17(12-15)24(3)22(27)13-28-20/h4-8,10,12,14H,9,11,13H2,1-3H3,(H,23,26). The number of carbonyl (C=O) groups is 3. The average Bonchev–Trinajstić information content (AvgIpc) is 2.70. The van der Waals surface area contributed by atoms with Crippen LogP contribution in [-0.2, 0) is 9.59 Å². The van der Waals surface area contributed by atoms with Crippen LogP contribution in [0.1, 0.15) is 37.0 Å². The molecule has 0 bridgehead atoms. The van der Waals surface area contributed by atoms with Gasteiger partial charge in [-0.2, -0.15) is 0 Å². The van der Waals surface area contributed by atoms with E-state index < -0.39 is 0 Å². The number of ether oxygens (including phenoxy) is 2. The van der Waals surface area contributed by atoms with Gasteiger partial charge in [-0.3, -0.25) is 14.4 Å². The molecule has 3 rings (SSSR count). The van der Waals surface area contributed by atoms with Gasteiger partial charge in [0, 0.05) is 25.5 Å². The molecule has 0 saturated heterocycles. The van der Waals surface area contributed by atoms with Crippen LogP contribution in [0.15, 0.2) is 42.5 Å². The molecular weight excluding hydrogens is 372 g/mol. The lowest BCUT2D eigenvalue weighted by Gasteiger charge is -2.26. The number of fused-ring (bicyclic) bond motifs is 1. The van der Waals surface area contributed by atoms with Crippen LogP contribution < -0.4 is 19.7 Å². The molecule has 0 atom stereocenters. The first-order valence-corrected chi connectivity index (χ1v) is 9.47. The van der Waals surface area contributed by atoms with Crippen molar-refractivity contribution in [3.63, 3.8) is 0 Å². The summed E-state index contributed by atoms with van der Waals surface area (Å²) in [5.41, 5.74) is 1.56. The Morgan fingerprint density at radius 1 is 1.17 bits per heavy atom. The number of likely N-dealkylation sites (N-methyl/N-ethyl adjacent to an activating group) is 1. The summed E-state index contributed by atoms with van der Waals surface area (Å²) in [4.78, 5) is 38.1. The lowest BCUT2D eigenvalue weighted by molar-refractivity contribution is -0.121. The van der Waals surface area contributed by atoms with Gasteiger partial charge in [0.05, 0.1) is 17.5 Å². The first-order chi connectivity index (χ1) is 13.8. The molecule has 2 amide bonds. The second-order valence-electron chi connectivity index (χ2n) is 7.06. The van der Waals surface area contributed by atoms with Gasteiger partial charge in [0.25, 0.3) is 5.91 Å². The fraction of sp³-hybridized carbons (Fsp3) is 0.318. The van der Waals surface area contributed by atoms with Crippen LogP contribution in [0.4, 0.5) is 11.4 Å². The fourth-order valence-corrected chi connectivity index (χ4v) is 2.96. The number of nitrogens with one attached hydrogen (secondary N) is 1. The van der Waals surface area contributed by atoms with E-state index in [1.54, 1.807) is 43.4 Å². The minimum absolute atomic E-state index is 0.0149. The average molecular weight is 396 g/mol. The normalized spacial score (nSPS) is 13.0. The van der Waals surface area contributed by atoms with Crippen molar-refractivity contribution in [3.8, 4) is 11.5 Å². The van der Waals surface area contributed by atoms with Crippen LogP contribution in [0.25, 0.3) is 0 Å². The van der Waals surface area contributed by atoms with Gasteiger partial charge >= 0.3 is 0 Å². The van der Waals surface area contributed by atoms with Gasteiger partial charge in [-0.15, -0.1) is 0 Å². The van der Waals surface area contributed by atoms with Crippen LogP contribution in [0.3, 0.4) is 0 Å². The number of benzene rings is 2. The van der Waals surface area contributed by atoms with E-state index in [0.29, 0.717) is 28.4 Å². The van der Waals surface area contributed by atoms with E-state index in [0.717, 1.165) is 0 Å². The first kappa shape index (κ1) is 20.4. The second kappa shape index (κ2) is 8.77. The Bertz CT molecular complexity index is 939. The monoisotopic (exact) mass is 396 g/mol. The number of amides is 2. The Labute approximate surface area is 169 Å². The van der Waals surface area contributed by atoms with E-state index in [1.807, 2.05) is 19.9 Å². The maximum absolute atomic E-state index is 12.5. The third-order valence-corrected chi connectivity index (χ3v) is 4.47. The number of Topliss-reactive ketones (excluding diaryl/α,β-unsaturated/α-hetero) is 1. The molecule has 1 aliphatic rings. The van der Waals surface area contributed by atoms with E-state index in [1.165, 1.54) is 4.90 Å². The van der Waals surface area contributed by atoms with Gasteiger partial charge in [0.2, 0.25) is 5.91 Å². The van der Waals surface area contributed by atoms with Crippen molar-refractivity contribution in [3.05, 3.63) is 48.0 Å². The Morgan fingerprint density at radius 2 is 1.93 bits per heavy atom. The Morgan fingerprint density at radius 3 is 2.69 bits per heavy atom. The molecule has 1 aliphatic heterocycles. The van der Waals surface area contributed by atoms with Crippen molar-refractivity contribution >= 4 is 29.0 Å². The van der Waals surface area contributed by atoms with Crippen molar-refractivity contribution in [1.29, 1.82) is 0 Å². The van der Waals surface area contributed by atoms with E-state index in [2.05, 4.69) is 5.32 Å². The minimum Gasteiger partial charge on any atom is -0.489 e. The summed E-state index contributed by atoms with van der Waals surface area (Å²) in [5.74, 6) is 0.518. The second-order valence-corrected chi connectivity index (χ2v) is 7.06. The molecule has 0 aromatic heterocycles. The number of hydrogen-bond acceptors (Lipinski definition) is 5. The Hall–Kier alpha value is -3.35. The summed E-state index contributed by atoms with van der Waals surface area (Å²) in [7, 11) is 1.64. The highest BCUT2D eigenvalue weighted by molar-refractivity contribution is 6.03. The number of rotatable bonds is 7. The number of nitrogens with zero attached hydrogens (tertiary/aromatic N) is 1. The number of carbonyl (C=O) groups excluding carboxylic acids is 3. The number of para-hydroxylation sites is 2. The number of ketones is 1. The zero-order valence-corrected chi connectivity index (χ0v) is 16.7. The summed E-state index contributed by atoms with van der Waals surface area (Å²) < 4.78 is 11.1. The summed E-state index contributed by atoms with van der Waals surface area (Å²) in [6.07, 6.45) is 0.0701. The highest BCUT2D eigenvalue weighted by atomic mass is 16.5. The third-order valence-electron chi connectivity index (χ3n) is 4.47. The molecule has 1 heterocycles. The van der Waals surface area contributed by atoms with Gasteiger partial charge < -0.3 is 19.7 Å². The van der Waals surface area contributed by atoms with Crippen molar-refractivity contribution < 1.29 is 23.9 Å². The molecule has 7 nitrogen and oxygen atoms in total. The smallest absolute Gasteiger partial charge is 0.264 e. The molecule has 0 radical (unpaired) electrons. The maximum atomic E-state index is 12.5. The molecule has 2 aromatic carbocycles. The van der Waals surface area contributed by atoms with E-state index in [4.69, 9.17) is 9.47 Å². The quantitative estimate of drug-likeness (QED) is 0.725. The van der Waals surface area contributed by atoms with Crippen molar-refractivity contribution in [2.24, 2.45) is 0 Å². The van der Waals surface area contributed by atoms with Crippen LogP contribution in [0.2, 0.25) is 0 Å². The maximum Gasteiger partial charge on any atom is 0.264 e. The van der Waals surface area contributed by atoms with Gasteiger partial charge in [0.1, 0.15) is 11.5 Å². The van der Waals surface area contributed by atoms with Gasteiger partial charge in [-0.1, -0.05) is 12.1 Å². The van der Waals surface area contributed by atoms with Crippen LogP contribution in [0, 0.1) is 0 Å². The minimum atomic E-state index is -0.272. The predicted molar refractivity (Wildman–Crippen MR) is 110 cm³/mol. The molecule has 0 aliphatic carbocycles. The summed E-state index contributed by atoms with van der Waals surface area (Å²) >= 11 is 0. The molecule has 152 valence electrons. The molecule has 29 heavy (non-hydrogen) atoms. The van der Waals surface area contributed by atoms with Crippen LogP contribution >= 0.6 is 0 Å². The molecule has 1 N–H and O–H groups in total. The summed E-state index contributed by atoms with van der Waals surface area (Å²) in [6, 6.07) is 12.1. The van der Waals surface area contributed by atoms with Gasteiger partial charge in [-0.05, 0) is 44.2 Å². The number of hydrogen-bond donors (Lipinski definition) is 1. The zero-order chi connectivity index (χ0) is 21.0. The van der Waals surface area contributed by atoms with Crippen LogP contribution in [-0.4, -0.2) is 37.4 Å². The molecule has 2 aromatic rings. The number of anilines is 2. The highest BCUT2D eigenvalue weighted by Crippen LogP contribution is 2.32. The third kappa shape index (κ3) is 4.93. The zero-order valence-electron chi connectivity index (χ0n) is 16.7. The SMILES string of the molecule is CC(C)Oc1ccccc1NC(=O)CCC(=O)c1ccc2c(c1)N(C)C(=O)CO2. The van der Waals surface area contributed by atoms with Crippen LogP contribution in [0.5, 0.6) is 11.5 Å². The lowest BCUT2D eigenvalue weighted by atomic mass is 10.0. The molecule has 7 heteroatoms. The molecule has 0 fully saturated rings. The molecular formula is C22H24N2O5. The predicted octanol–water partition coefficient (Wildman–Crippen LogP) is 3.43.